The second-order valence-electron chi connectivity index (χ2n) is 5.31. The molecule has 4 aliphatic rings. The van der Waals surface area contributed by atoms with E-state index in [0.717, 1.165) is 12.0 Å². The van der Waals surface area contributed by atoms with Crippen LogP contribution in [0.15, 0.2) is 58.9 Å². The molecule has 4 rings (SSSR count). The first-order valence-electron chi connectivity index (χ1n) is 6.79. The zero-order valence-electron chi connectivity index (χ0n) is 12.1. The smallest absolute Gasteiger partial charge is 0.111 e. The first-order valence-corrected chi connectivity index (χ1v) is 8.03. The van der Waals surface area contributed by atoms with Crippen LogP contribution in [0.2, 0.25) is 0 Å². The van der Waals surface area contributed by atoms with E-state index in [0.29, 0.717) is 9.68 Å². The van der Waals surface area contributed by atoms with Crippen LogP contribution in [0.1, 0.15) is 26.2 Å². The quantitative estimate of drug-likeness (QED) is 0.259. The van der Waals surface area contributed by atoms with Crippen LogP contribution in [0.5, 0.6) is 0 Å². The molecule has 0 aromatic heterocycles. The normalized spacial score (nSPS) is 26.7. The maximum atomic E-state index is 9.61. The molecule has 108 valence electrons. The first-order chi connectivity index (χ1) is 9.49. The van der Waals surface area contributed by atoms with E-state index in [1.165, 1.54) is 24.0 Å². The van der Waals surface area contributed by atoms with Crippen molar-refractivity contribution in [2.75, 3.05) is 7.11 Å². The molecule has 4 aliphatic carbocycles. The Morgan fingerprint density at radius 2 is 1.85 bits per heavy atom. The van der Waals surface area contributed by atoms with Crippen LogP contribution in [-0.4, -0.2) is 22.2 Å². The molecule has 2 saturated carbocycles. The van der Waals surface area contributed by atoms with Crippen LogP contribution in [0, 0.1) is 0 Å². The summed E-state index contributed by atoms with van der Waals surface area (Å²) in [6.45, 7) is 9.14. The highest BCUT2D eigenvalue weighted by Crippen LogP contribution is 2.54. The summed E-state index contributed by atoms with van der Waals surface area (Å²) in [6.07, 6.45) is 6.98. The Balaban J connectivity index is 0.000000152. The number of ether oxygens (including phenoxy) is 1. The minimum atomic E-state index is -0.145. The van der Waals surface area contributed by atoms with E-state index in [1.807, 2.05) is 13.0 Å². The molecule has 0 aromatic rings. The lowest BCUT2D eigenvalue weighted by atomic mass is 9.73. The number of hydrogen-bond acceptors (Lipinski definition) is 2. The van der Waals surface area contributed by atoms with Gasteiger partial charge in [-0.1, -0.05) is 53.0 Å². The summed E-state index contributed by atoms with van der Waals surface area (Å²) < 4.78 is 5.47. The zero-order chi connectivity index (χ0) is 14.9. The maximum absolute atomic E-state index is 9.61. The van der Waals surface area contributed by atoms with E-state index in [-0.39, 0.29) is 6.10 Å². The van der Waals surface area contributed by atoms with Gasteiger partial charge in [0.1, 0.15) is 5.76 Å². The maximum Gasteiger partial charge on any atom is 0.111 e. The molecule has 0 unspecified atom stereocenters. The van der Waals surface area contributed by atoms with Crippen LogP contribution in [-0.2, 0) is 4.74 Å². The lowest BCUT2D eigenvalue weighted by Gasteiger charge is -2.38. The zero-order valence-corrected chi connectivity index (χ0v) is 14.2. The monoisotopic (exact) mass is 384 g/mol. The van der Waals surface area contributed by atoms with Crippen molar-refractivity contribution in [2.24, 2.45) is 0 Å². The predicted octanol–water partition coefficient (Wildman–Crippen LogP) is 4.23. The minimum Gasteiger partial charge on any atom is -0.497 e. The molecule has 0 aromatic carbocycles. The molecular formula is C17H21IO2. The predicted molar refractivity (Wildman–Crippen MR) is 91.8 cm³/mol. The van der Waals surface area contributed by atoms with Crippen molar-refractivity contribution >= 4 is 22.6 Å². The van der Waals surface area contributed by atoms with Gasteiger partial charge in [-0.25, -0.2) is 0 Å². The van der Waals surface area contributed by atoms with Gasteiger partial charge in [0, 0.05) is 0 Å². The molecular weight excluding hydrogens is 363 g/mol. The van der Waals surface area contributed by atoms with Crippen molar-refractivity contribution in [1.82, 2.24) is 0 Å². The van der Waals surface area contributed by atoms with Gasteiger partial charge in [0.05, 0.1) is 17.1 Å². The molecule has 0 spiro atoms. The third kappa shape index (κ3) is 2.79. The highest BCUT2D eigenvalue weighted by Gasteiger charge is 2.44. The molecule has 0 aliphatic heterocycles. The van der Waals surface area contributed by atoms with E-state index >= 15 is 0 Å². The van der Waals surface area contributed by atoms with Gasteiger partial charge in [-0.05, 0) is 49.0 Å². The van der Waals surface area contributed by atoms with Crippen molar-refractivity contribution in [3.8, 4) is 0 Å². The standard InChI is InChI=1S/C9H9IO.C8H12O/c10-8-4-1-2-5(8)7-3-6(4)9(7)11;1-5-7(2)6-8(3)9-4/h8-9,11H,1-3H2;5-6H,1,3H2,2,4H3/b;7-6-. The van der Waals surface area contributed by atoms with Crippen molar-refractivity contribution in [3.63, 3.8) is 0 Å². The van der Waals surface area contributed by atoms with E-state index < -0.39 is 0 Å². The topological polar surface area (TPSA) is 29.5 Å². The molecule has 0 radical (unpaired) electrons. The van der Waals surface area contributed by atoms with Crippen molar-refractivity contribution in [1.29, 1.82) is 0 Å². The van der Waals surface area contributed by atoms with Crippen LogP contribution in [0.4, 0.5) is 0 Å². The molecule has 2 nitrogen and oxygen atoms in total. The number of hydrogen-bond donors (Lipinski definition) is 1. The summed E-state index contributed by atoms with van der Waals surface area (Å²) in [5.41, 5.74) is 6.84. The highest BCUT2D eigenvalue weighted by atomic mass is 127. The third-order valence-corrected chi connectivity index (χ3v) is 5.62. The fourth-order valence-electron chi connectivity index (χ4n) is 2.81. The Labute approximate surface area is 134 Å². The van der Waals surface area contributed by atoms with Crippen molar-refractivity contribution in [3.05, 3.63) is 58.9 Å². The van der Waals surface area contributed by atoms with Crippen LogP contribution >= 0.6 is 22.6 Å². The van der Waals surface area contributed by atoms with Gasteiger partial charge < -0.3 is 9.84 Å². The summed E-state index contributed by atoms with van der Waals surface area (Å²) in [5, 5.41) is 9.61. The summed E-state index contributed by atoms with van der Waals surface area (Å²) >= 11 is 2.50. The first kappa shape index (κ1) is 15.6. The highest BCUT2D eigenvalue weighted by molar-refractivity contribution is 14.1. The van der Waals surface area contributed by atoms with Gasteiger partial charge in [-0.15, -0.1) is 0 Å². The molecule has 0 saturated heterocycles. The molecule has 4 bridgehead atoms. The Morgan fingerprint density at radius 1 is 1.30 bits per heavy atom. The molecule has 0 atom stereocenters. The fraction of sp³-hybridized carbons (Fsp3) is 0.412. The Morgan fingerprint density at radius 3 is 2.25 bits per heavy atom. The lowest BCUT2D eigenvalue weighted by molar-refractivity contribution is 0.207. The van der Waals surface area contributed by atoms with Crippen molar-refractivity contribution < 1.29 is 9.84 Å². The summed E-state index contributed by atoms with van der Waals surface area (Å²) in [7, 11) is 1.59. The Bertz CT molecular complexity index is 509. The summed E-state index contributed by atoms with van der Waals surface area (Å²) in [6, 6.07) is 0. The summed E-state index contributed by atoms with van der Waals surface area (Å²) in [4.78, 5) is 0. The van der Waals surface area contributed by atoms with Gasteiger partial charge in [0.2, 0.25) is 0 Å². The second-order valence-corrected chi connectivity index (χ2v) is 6.55. The second kappa shape index (κ2) is 6.31. The molecule has 3 heteroatoms. The van der Waals surface area contributed by atoms with Gasteiger partial charge in [-0.2, -0.15) is 0 Å². The third-order valence-electron chi connectivity index (χ3n) is 4.11. The van der Waals surface area contributed by atoms with Crippen LogP contribution in [0.3, 0.4) is 0 Å². The van der Waals surface area contributed by atoms with Gasteiger partial charge in [-0.3, -0.25) is 0 Å². The van der Waals surface area contributed by atoms with Crippen molar-refractivity contribution in [2.45, 2.75) is 36.2 Å². The van der Waals surface area contributed by atoms with Gasteiger partial charge in [0.25, 0.3) is 0 Å². The number of methoxy groups -OCH3 is 1. The van der Waals surface area contributed by atoms with E-state index in [9.17, 15) is 5.11 Å². The molecule has 1 N–H and O–H groups in total. The number of rotatable bonds is 3. The minimum absolute atomic E-state index is 0.145. The number of aliphatic hydroxyl groups excluding tert-OH is 1. The Kier molecular flexibility index (Phi) is 4.91. The molecule has 0 heterocycles. The lowest BCUT2D eigenvalue weighted by Crippen LogP contribution is -2.33. The fourth-order valence-corrected chi connectivity index (χ4v) is 4.23. The van der Waals surface area contributed by atoms with Crippen LogP contribution in [0.25, 0.3) is 0 Å². The Hall–Kier alpha value is -0.810. The number of aliphatic hydroxyl groups is 1. The summed E-state index contributed by atoms with van der Waals surface area (Å²) in [5.74, 6) is 0.660. The SMILES string of the molecule is C=C/C(C)=C\C(=C)OC.OC1C2=C3CCC(=C1C2)C3I. The van der Waals surface area contributed by atoms with Crippen LogP contribution < -0.4 is 0 Å². The van der Waals surface area contributed by atoms with E-state index in [4.69, 9.17) is 4.74 Å². The van der Waals surface area contributed by atoms with E-state index in [2.05, 4.69) is 35.7 Å². The average Bonchev–Trinajstić information content (AvgIpc) is 2.66. The molecule has 20 heavy (non-hydrogen) atoms. The molecule has 2 fully saturated rings. The number of alkyl halides is 1. The average molecular weight is 384 g/mol. The van der Waals surface area contributed by atoms with E-state index in [1.54, 1.807) is 24.3 Å². The van der Waals surface area contributed by atoms with Gasteiger partial charge in [0.15, 0.2) is 0 Å². The van der Waals surface area contributed by atoms with Gasteiger partial charge >= 0.3 is 0 Å². The largest absolute Gasteiger partial charge is 0.497 e. The molecule has 0 amide bonds. The number of allylic oxidation sites excluding steroid dienone is 5. The number of halogens is 1.